The summed E-state index contributed by atoms with van der Waals surface area (Å²) < 4.78 is 0. The molecule has 0 aromatic heterocycles. The Labute approximate surface area is 68.7 Å². The molecule has 1 spiro atoms. The molecule has 0 amide bonds. The number of hydrogen-bond acceptors (Lipinski definition) is 2. The van der Waals surface area contributed by atoms with Crippen LogP contribution in [0.5, 0.6) is 0 Å². The first-order valence-electron chi connectivity index (χ1n) is 4.77. The number of piperidine rings is 1. The fraction of sp³-hybridized carbons (Fsp3) is 1.00. The van der Waals surface area contributed by atoms with Gasteiger partial charge in [-0.05, 0) is 38.3 Å². The molecule has 0 aliphatic carbocycles. The van der Waals surface area contributed by atoms with E-state index in [-0.39, 0.29) is 0 Å². The highest BCUT2D eigenvalue weighted by Crippen LogP contribution is 2.27. The first-order chi connectivity index (χ1) is 5.31. The van der Waals surface area contributed by atoms with Gasteiger partial charge >= 0.3 is 0 Å². The molecule has 2 aliphatic rings. The van der Waals surface area contributed by atoms with Gasteiger partial charge in [-0.25, -0.2) is 0 Å². The molecule has 11 heavy (non-hydrogen) atoms. The third kappa shape index (κ3) is 1.42. The third-order valence-electron chi connectivity index (χ3n) is 3.18. The van der Waals surface area contributed by atoms with E-state index in [1.165, 1.54) is 38.9 Å². The van der Waals surface area contributed by atoms with Gasteiger partial charge in [0, 0.05) is 12.1 Å². The summed E-state index contributed by atoms with van der Waals surface area (Å²) in [6.45, 7) is 5.96. The van der Waals surface area contributed by atoms with Gasteiger partial charge in [-0.1, -0.05) is 6.92 Å². The van der Waals surface area contributed by atoms with Gasteiger partial charge in [-0.2, -0.15) is 0 Å². The van der Waals surface area contributed by atoms with Crippen molar-refractivity contribution in [1.82, 2.24) is 10.6 Å². The van der Waals surface area contributed by atoms with Crippen molar-refractivity contribution >= 4 is 0 Å². The maximum atomic E-state index is 3.68. The summed E-state index contributed by atoms with van der Waals surface area (Å²) in [5.41, 5.74) is 0.493. The molecule has 2 aliphatic heterocycles. The van der Waals surface area contributed by atoms with E-state index in [1.54, 1.807) is 0 Å². The maximum absolute atomic E-state index is 3.68. The second-order valence-corrected chi connectivity index (χ2v) is 4.23. The molecular formula is C9H18N2. The van der Waals surface area contributed by atoms with Crippen molar-refractivity contribution in [3.63, 3.8) is 0 Å². The van der Waals surface area contributed by atoms with E-state index in [0.717, 1.165) is 5.92 Å². The summed E-state index contributed by atoms with van der Waals surface area (Å²) in [6, 6.07) is 0. The van der Waals surface area contributed by atoms with Gasteiger partial charge in [-0.15, -0.1) is 0 Å². The van der Waals surface area contributed by atoms with Crippen LogP contribution in [0, 0.1) is 5.92 Å². The van der Waals surface area contributed by atoms with Crippen molar-refractivity contribution in [2.75, 3.05) is 19.6 Å². The second kappa shape index (κ2) is 2.76. The average molecular weight is 154 g/mol. The monoisotopic (exact) mass is 154 g/mol. The molecular weight excluding hydrogens is 136 g/mol. The Hall–Kier alpha value is -0.0800. The molecule has 0 aromatic carbocycles. The molecule has 2 saturated heterocycles. The Balaban J connectivity index is 1.94. The molecule has 2 fully saturated rings. The van der Waals surface area contributed by atoms with Gasteiger partial charge in [0.25, 0.3) is 0 Å². The van der Waals surface area contributed by atoms with E-state index in [4.69, 9.17) is 0 Å². The van der Waals surface area contributed by atoms with Crippen LogP contribution in [0.25, 0.3) is 0 Å². The molecule has 0 saturated carbocycles. The number of hydrogen-bond donors (Lipinski definition) is 2. The normalized spacial score (nSPS) is 45.0. The maximum Gasteiger partial charge on any atom is 0.0318 e. The largest absolute Gasteiger partial charge is 0.315 e. The lowest BCUT2D eigenvalue weighted by Gasteiger charge is -2.36. The minimum Gasteiger partial charge on any atom is -0.315 e. The second-order valence-electron chi connectivity index (χ2n) is 4.23. The molecule has 2 heterocycles. The molecule has 2 atom stereocenters. The van der Waals surface area contributed by atoms with E-state index >= 15 is 0 Å². The summed E-state index contributed by atoms with van der Waals surface area (Å²) in [6.07, 6.45) is 4.12. The highest BCUT2D eigenvalue weighted by Gasteiger charge is 2.35. The number of nitrogens with one attached hydrogen (secondary N) is 2. The minimum absolute atomic E-state index is 0.493. The lowest BCUT2D eigenvalue weighted by atomic mass is 9.84. The van der Waals surface area contributed by atoms with Crippen LogP contribution in [0.1, 0.15) is 26.2 Å². The Morgan fingerprint density at radius 3 is 2.82 bits per heavy atom. The van der Waals surface area contributed by atoms with Crippen LogP contribution in [-0.2, 0) is 0 Å². The van der Waals surface area contributed by atoms with Crippen LogP contribution in [-0.4, -0.2) is 25.2 Å². The van der Waals surface area contributed by atoms with E-state index < -0.39 is 0 Å². The fourth-order valence-corrected chi connectivity index (χ4v) is 2.21. The highest BCUT2D eigenvalue weighted by atomic mass is 15.1. The van der Waals surface area contributed by atoms with Gasteiger partial charge in [-0.3, -0.25) is 0 Å². The summed E-state index contributed by atoms with van der Waals surface area (Å²) in [4.78, 5) is 0. The highest BCUT2D eigenvalue weighted by molar-refractivity contribution is 4.98. The lowest BCUT2D eigenvalue weighted by molar-refractivity contribution is 0.233. The zero-order valence-electron chi connectivity index (χ0n) is 7.32. The quantitative estimate of drug-likeness (QED) is 0.538. The molecule has 0 radical (unpaired) electrons. The summed E-state index contributed by atoms with van der Waals surface area (Å²) >= 11 is 0. The predicted molar refractivity (Wildman–Crippen MR) is 46.6 cm³/mol. The van der Waals surface area contributed by atoms with E-state index in [1.807, 2.05) is 0 Å². The topological polar surface area (TPSA) is 24.1 Å². The molecule has 2 nitrogen and oxygen atoms in total. The van der Waals surface area contributed by atoms with Crippen LogP contribution in [0.4, 0.5) is 0 Å². The first kappa shape index (κ1) is 7.56. The number of rotatable bonds is 0. The smallest absolute Gasteiger partial charge is 0.0318 e. The van der Waals surface area contributed by atoms with Crippen LogP contribution < -0.4 is 10.6 Å². The van der Waals surface area contributed by atoms with Crippen molar-refractivity contribution < 1.29 is 0 Å². The Morgan fingerprint density at radius 1 is 1.36 bits per heavy atom. The first-order valence-corrected chi connectivity index (χ1v) is 4.77. The summed E-state index contributed by atoms with van der Waals surface area (Å²) in [7, 11) is 0. The van der Waals surface area contributed by atoms with E-state index in [0.29, 0.717) is 5.54 Å². The fourth-order valence-electron chi connectivity index (χ4n) is 2.21. The van der Waals surface area contributed by atoms with Crippen molar-refractivity contribution in [3.8, 4) is 0 Å². The van der Waals surface area contributed by atoms with Gasteiger partial charge in [0.05, 0.1) is 0 Å². The molecule has 0 aromatic rings. The van der Waals surface area contributed by atoms with Gasteiger partial charge in [0.1, 0.15) is 0 Å². The van der Waals surface area contributed by atoms with Crippen LogP contribution in [0.3, 0.4) is 0 Å². The zero-order valence-corrected chi connectivity index (χ0v) is 7.32. The van der Waals surface area contributed by atoms with Crippen molar-refractivity contribution in [1.29, 1.82) is 0 Å². The Kier molecular flexibility index (Phi) is 1.90. The van der Waals surface area contributed by atoms with Crippen molar-refractivity contribution in [3.05, 3.63) is 0 Å². The van der Waals surface area contributed by atoms with Crippen LogP contribution in [0.15, 0.2) is 0 Å². The molecule has 2 heteroatoms. The van der Waals surface area contributed by atoms with Crippen LogP contribution in [0.2, 0.25) is 0 Å². The van der Waals surface area contributed by atoms with Gasteiger partial charge < -0.3 is 10.6 Å². The minimum atomic E-state index is 0.493. The molecule has 2 N–H and O–H groups in total. The lowest BCUT2D eigenvalue weighted by Crippen LogP contribution is -2.52. The van der Waals surface area contributed by atoms with E-state index in [2.05, 4.69) is 17.6 Å². The van der Waals surface area contributed by atoms with Crippen molar-refractivity contribution in [2.24, 2.45) is 5.92 Å². The summed E-state index contributed by atoms with van der Waals surface area (Å²) in [5, 5.41) is 7.12. The third-order valence-corrected chi connectivity index (χ3v) is 3.18. The molecule has 2 unspecified atom stereocenters. The SMILES string of the molecule is CC1CCC2(CCNC2)NC1. The Morgan fingerprint density at radius 2 is 2.27 bits per heavy atom. The molecule has 0 bridgehead atoms. The molecule has 64 valence electrons. The summed E-state index contributed by atoms with van der Waals surface area (Å²) in [5.74, 6) is 0.890. The van der Waals surface area contributed by atoms with Gasteiger partial charge in [0.2, 0.25) is 0 Å². The van der Waals surface area contributed by atoms with Crippen LogP contribution >= 0.6 is 0 Å². The average Bonchev–Trinajstić information content (AvgIpc) is 2.45. The predicted octanol–water partition coefficient (Wildman–Crippen LogP) is 0.738. The zero-order chi connectivity index (χ0) is 7.73. The van der Waals surface area contributed by atoms with Crippen molar-refractivity contribution in [2.45, 2.75) is 31.7 Å². The molecule has 2 rings (SSSR count). The Bertz CT molecular complexity index is 128. The van der Waals surface area contributed by atoms with E-state index in [9.17, 15) is 0 Å². The standard InChI is InChI=1S/C9H18N2/c1-8-2-3-9(11-6-8)4-5-10-7-9/h8,10-11H,2-7H2,1H3. The van der Waals surface area contributed by atoms with Gasteiger partial charge in [0.15, 0.2) is 0 Å².